The second-order valence-electron chi connectivity index (χ2n) is 8.03. The predicted octanol–water partition coefficient (Wildman–Crippen LogP) is 1.33. The maximum absolute atomic E-state index is 13.8. The van der Waals surface area contributed by atoms with Gasteiger partial charge in [-0.15, -0.1) is 0 Å². The van der Waals surface area contributed by atoms with Gasteiger partial charge in [-0.1, -0.05) is 24.3 Å². The maximum atomic E-state index is 13.8. The third-order valence-electron chi connectivity index (χ3n) is 5.01. The van der Waals surface area contributed by atoms with Gasteiger partial charge in [-0.2, -0.15) is 8.78 Å². The fraction of sp³-hybridized carbons (Fsp3) is 0.524. The third kappa shape index (κ3) is 9.28. The summed E-state index contributed by atoms with van der Waals surface area (Å²) >= 11 is 0. The average Bonchev–Trinajstić information content (AvgIpc) is 2.71. The molecule has 1 aromatic carbocycles. The van der Waals surface area contributed by atoms with Gasteiger partial charge in [0.2, 0.25) is 17.7 Å². The molecule has 10 nitrogen and oxygen atoms in total. The standard InChI is InChI=1S/C21H30F2N3O7P/c1-13(27)11-16(12-15-6-8-17(9-7-15)21(22,23)34(31,32)33)20(30)26-18(19(24)29)5-3-4-10-25-14(2)28/h6-9,16,18H,3-5,10-12H2,1-2H3,(H2,24,29)(H,25,28)(H,26,30)(H2,31,32,33). The number of hydrogen-bond acceptors (Lipinski definition) is 5. The highest BCUT2D eigenvalue weighted by molar-refractivity contribution is 7.52. The number of amides is 3. The zero-order valence-electron chi connectivity index (χ0n) is 18.9. The normalized spacial score (nSPS) is 13.6. The maximum Gasteiger partial charge on any atom is 0.399 e. The van der Waals surface area contributed by atoms with E-state index >= 15 is 0 Å². The molecule has 13 heteroatoms. The number of halogens is 2. The van der Waals surface area contributed by atoms with Gasteiger partial charge in [0.1, 0.15) is 11.8 Å². The SMILES string of the molecule is CC(=O)CC(Cc1ccc(C(F)(F)P(=O)(O)O)cc1)C(=O)NC(CCCCNC(C)=O)C(N)=O. The van der Waals surface area contributed by atoms with E-state index in [-0.39, 0.29) is 31.0 Å². The van der Waals surface area contributed by atoms with Crippen molar-refractivity contribution in [3.05, 3.63) is 35.4 Å². The molecule has 0 fully saturated rings. The Morgan fingerprint density at radius 3 is 2.15 bits per heavy atom. The first-order chi connectivity index (χ1) is 15.6. The lowest BCUT2D eigenvalue weighted by Crippen LogP contribution is -2.47. The van der Waals surface area contributed by atoms with Crippen LogP contribution in [-0.4, -0.2) is 45.9 Å². The molecule has 0 saturated heterocycles. The van der Waals surface area contributed by atoms with Crippen molar-refractivity contribution in [1.29, 1.82) is 0 Å². The Hall–Kier alpha value is -2.69. The van der Waals surface area contributed by atoms with Gasteiger partial charge in [0, 0.05) is 31.4 Å². The fourth-order valence-electron chi connectivity index (χ4n) is 3.21. The van der Waals surface area contributed by atoms with Crippen molar-refractivity contribution in [2.24, 2.45) is 11.7 Å². The van der Waals surface area contributed by atoms with Gasteiger partial charge in [0.05, 0.1) is 0 Å². The van der Waals surface area contributed by atoms with E-state index in [1.165, 1.54) is 26.0 Å². The molecule has 0 aliphatic carbocycles. The van der Waals surface area contributed by atoms with Crippen LogP contribution in [0, 0.1) is 5.92 Å². The Bertz CT molecular complexity index is 935. The number of benzene rings is 1. The summed E-state index contributed by atoms with van der Waals surface area (Å²) in [4.78, 5) is 64.8. The number of nitrogens with two attached hydrogens (primary N) is 1. The molecular weight excluding hydrogens is 475 g/mol. The first-order valence-electron chi connectivity index (χ1n) is 10.5. The summed E-state index contributed by atoms with van der Waals surface area (Å²) < 4.78 is 38.7. The summed E-state index contributed by atoms with van der Waals surface area (Å²) in [7, 11) is -5.72. The van der Waals surface area contributed by atoms with Crippen molar-refractivity contribution in [2.45, 2.75) is 57.7 Å². The van der Waals surface area contributed by atoms with Crippen molar-refractivity contribution in [1.82, 2.24) is 10.6 Å². The number of carbonyl (C=O) groups is 4. The molecule has 0 bridgehead atoms. The lowest BCUT2D eigenvalue weighted by Gasteiger charge is -2.21. The second-order valence-corrected chi connectivity index (χ2v) is 9.68. The van der Waals surface area contributed by atoms with Crippen LogP contribution < -0.4 is 16.4 Å². The number of primary amides is 1. The summed E-state index contributed by atoms with van der Waals surface area (Å²) in [5.74, 6) is -2.81. The molecule has 2 atom stereocenters. The molecule has 2 unspecified atom stereocenters. The molecular formula is C21H30F2N3O7P. The smallest absolute Gasteiger partial charge is 0.368 e. The summed E-state index contributed by atoms with van der Waals surface area (Å²) in [5.41, 5.74) is 0.493. The molecule has 1 rings (SSSR count). The number of carbonyl (C=O) groups excluding carboxylic acids is 4. The van der Waals surface area contributed by atoms with Crippen LogP contribution in [0.5, 0.6) is 0 Å². The van der Waals surface area contributed by atoms with E-state index in [4.69, 9.17) is 15.5 Å². The molecule has 0 aromatic heterocycles. The highest BCUT2D eigenvalue weighted by Crippen LogP contribution is 2.59. The van der Waals surface area contributed by atoms with Crippen molar-refractivity contribution >= 4 is 31.1 Å². The Morgan fingerprint density at radius 2 is 1.68 bits per heavy atom. The molecule has 0 heterocycles. The lowest BCUT2D eigenvalue weighted by atomic mass is 9.92. The van der Waals surface area contributed by atoms with Gasteiger partial charge in [0.15, 0.2) is 0 Å². The molecule has 190 valence electrons. The molecule has 3 amide bonds. The largest absolute Gasteiger partial charge is 0.399 e. The van der Waals surface area contributed by atoms with E-state index in [9.17, 15) is 32.5 Å². The molecule has 6 N–H and O–H groups in total. The summed E-state index contributed by atoms with van der Waals surface area (Å²) in [5, 5.41) is 5.13. The Labute approximate surface area is 195 Å². The quantitative estimate of drug-likeness (QED) is 0.187. The van der Waals surface area contributed by atoms with Crippen molar-refractivity contribution in [2.75, 3.05) is 6.54 Å². The molecule has 0 radical (unpaired) electrons. The monoisotopic (exact) mass is 505 g/mol. The summed E-state index contributed by atoms with van der Waals surface area (Å²) in [6.07, 6.45) is 1.05. The number of unbranched alkanes of at least 4 members (excludes halogenated alkanes) is 1. The van der Waals surface area contributed by atoms with Crippen LogP contribution in [-0.2, 0) is 35.8 Å². The number of alkyl halides is 2. The van der Waals surface area contributed by atoms with Crippen LogP contribution >= 0.6 is 7.60 Å². The zero-order valence-corrected chi connectivity index (χ0v) is 19.8. The Kier molecular flexibility index (Phi) is 10.9. The molecule has 0 aliphatic heterocycles. The lowest BCUT2D eigenvalue weighted by molar-refractivity contribution is -0.132. The highest BCUT2D eigenvalue weighted by Gasteiger charge is 2.50. The first kappa shape index (κ1) is 29.3. The van der Waals surface area contributed by atoms with E-state index in [0.717, 1.165) is 12.1 Å². The minimum absolute atomic E-state index is 0.0405. The summed E-state index contributed by atoms with van der Waals surface area (Å²) in [6, 6.07) is 3.07. The number of Topliss-reactive ketones (excluding diaryl/α,β-unsaturated/α-hetero) is 1. The van der Waals surface area contributed by atoms with E-state index in [1.807, 2.05) is 0 Å². The third-order valence-corrected chi connectivity index (χ3v) is 6.00. The first-order valence-corrected chi connectivity index (χ1v) is 12.1. The summed E-state index contributed by atoms with van der Waals surface area (Å²) in [6.45, 7) is 3.05. The van der Waals surface area contributed by atoms with Crippen LogP contribution in [0.3, 0.4) is 0 Å². The van der Waals surface area contributed by atoms with Crippen LogP contribution in [0.1, 0.15) is 50.7 Å². The van der Waals surface area contributed by atoms with Crippen molar-refractivity contribution < 1.29 is 42.3 Å². The van der Waals surface area contributed by atoms with E-state index in [2.05, 4.69) is 10.6 Å². The van der Waals surface area contributed by atoms with Crippen LogP contribution in [0.25, 0.3) is 0 Å². The number of ketones is 1. The van der Waals surface area contributed by atoms with E-state index in [1.54, 1.807) is 0 Å². The van der Waals surface area contributed by atoms with E-state index < -0.39 is 42.6 Å². The van der Waals surface area contributed by atoms with Gasteiger partial charge < -0.3 is 30.9 Å². The van der Waals surface area contributed by atoms with Crippen LogP contribution in [0.2, 0.25) is 0 Å². The zero-order chi connectivity index (χ0) is 26.1. The molecule has 0 spiro atoms. The minimum Gasteiger partial charge on any atom is -0.368 e. The van der Waals surface area contributed by atoms with Crippen molar-refractivity contribution in [3.8, 4) is 0 Å². The average molecular weight is 505 g/mol. The van der Waals surface area contributed by atoms with Crippen molar-refractivity contribution in [3.63, 3.8) is 0 Å². The second kappa shape index (κ2) is 12.7. The number of rotatable bonds is 14. The molecule has 34 heavy (non-hydrogen) atoms. The van der Waals surface area contributed by atoms with Gasteiger partial charge in [-0.05, 0) is 38.2 Å². The Balaban J connectivity index is 2.88. The molecule has 1 aromatic rings. The van der Waals surface area contributed by atoms with Gasteiger partial charge in [-0.25, -0.2) is 0 Å². The number of nitrogens with one attached hydrogen (secondary N) is 2. The van der Waals surface area contributed by atoms with Crippen LogP contribution in [0.4, 0.5) is 8.78 Å². The molecule has 0 aliphatic rings. The number of hydrogen-bond donors (Lipinski definition) is 5. The van der Waals surface area contributed by atoms with Crippen LogP contribution in [0.15, 0.2) is 24.3 Å². The molecule has 0 saturated carbocycles. The fourth-order valence-corrected chi connectivity index (χ4v) is 3.70. The van der Waals surface area contributed by atoms with Gasteiger partial charge in [0.25, 0.3) is 0 Å². The predicted molar refractivity (Wildman–Crippen MR) is 119 cm³/mol. The highest BCUT2D eigenvalue weighted by atomic mass is 31.2. The van der Waals surface area contributed by atoms with Gasteiger partial charge >= 0.3 is 13.3 Å². The Morgan fingerprint density at radius 1 is 1.09 bits per heavy atom. The van der Waals surface area contributed by atoms with E-state index in [0.29, 0.717) is 24.9 Å². The topological polar surface area (TPSA) is 176 Å². The van der Waals surface area contributed by atoms with Gasteiger partial charge in [-0.3, -0.25) is 18.9 Å². The minimum atomic E-state index is -5.72.